The molecule has 3 nitrogen and oxygen atoms in total. The summed E-state index contributed by atoms with van der Waals surface area (Å²) in [5, 5.41) is 13.4. The number of rotatable bonds is 4. The van der Waals surface area contributed by atoms with Crippen molar-refractivity contribution in [1.82, 2.24) is 0 Å². The number of phenolic OH excluding ortho intramolecular Hbond substituents is 1. The zero-order valence-corrected chi connectivity index (χ0v) is 12.5. The molecule has 20 heavy (non-hydrogen) atoms. The Morgan fingerprint density at radius 3 is 2.45 bits per heavy atom. The van der Waals surface area contributed by atoms with Crippen LogP contribution >= 0.6 is 11.6 Å². The molecular formula is C16H18ClNO2. The number of methoxy groups -OCH3 is 1. The molecule has 0 fully saturated rings. The van der Waals surface area contributed by atoms with Crippen LogP contribution in [0.1, 0.15) is 24.1 Å². The van der Waals surface area contributed by atoms with Crippen LogP contribution in [0.25, 0.3) is 0 Å². The third-order valence-corrected chi connectivity index (χ3v) is 3.65. The first kappa shape index (κ1) is 14.5. The molecule has 0 amide bonds. The monoisotopic (exact) mass is 291 g/mol. The van der Waals surface area contributed by atoms with E-state index in [2.05, 4.69) is 12.2 Å². The average molecular weight is 292 g/mol. The molecule has 0 spiro atoms. The smallest absolute Gasteiger partial charge is 0.143 e. The van der Waals surface area contributed by atoms with Gasteiger partial charge in [0.15, 0.2) is 0 Å². The van der Waals surface area contributed by atoms with Crippen molar-refractivity contribution in [3.8, 4) is 11.5 Å². The third kappa shape index (κ3) is 3.17. The van der Waals surface area contributed by atoms with Crippen LogP contribution < -0.4 is 10.1 Å². The summed E-state index contributed by atoms with van der Waals surface area (Å²) in [4.78, 5) is 0. The Bertz CT molecular complexity index is 596. The molecular weight excluding hydrogens is 274 g/mol. The zero-order chi connectivity index (χ0) is 14.7. The Balaban J connectivity index is 2.25. The summed E-state index contributed by atoms with van der Waals surface area (Å²) in [5.74, 6) is 0.979. The molecule has 106 valence electrons. The van der Waals surface area contributed by atoms with Crippen molar-refractivity contribution in [2.75, 3.05) is 12.4 Å². The lowest BCUT2D eigenvalue weighted by atomic mass is 10.1. The minimum Gasteiger partial charge on any atom is -0.508 e. The fourth-order valence-electron chi connectivity index (χ4n) is 2.02. The van der Waals surface area contributed by atoms with Crippen molar-refractivity contribution in [2.24, 2.45) is 0 Å². The van der Waals surface area contributed by atoms with Gasteiger partial charge in [-0.05, 0) is 43.2 Å². The molecule has 2 aromatic carbocycles. The van der Waals surface area contributed by atoms with E-state index in [9.17, 15) is 5.11 Å². The number of phenols is 1. The summed E-state index contributed by atoms with van der Waals surface area (Å²) in [6.07, 6.45) is 0. The number of anilines is 1. The number of aromatic hydroxyl groups is 1. The second kappa shape index (κ2) is 6.06. The molecule has 1 atom stereocenters. The molecule has 0 aliphatic rings. The molecule has 2 aromatic rings. The van der Waals surface area contributed by atoms with E-state index in [1.807, 2.05) is 31.2 Å². The molecule has 2 N–H and O–H groups in total. The quantitative estimate of drug-likeness (QED) is 0.869. The normalized spacial score (nSPS) is 12.0. The summed E-state index contributed by atoms with van der Waals surface area (Å²) in [6.45, 7) is 4.01. The van der Waals surface area contributed by atoms with E-state index in [0.717, 1.165) is 16.8 Å². The number of ether oxygens (including phenoxy) is 1. The maximum absolute atomic E-state index is 9.32. The van der Waals surface area contributed by atoms with Gasteiger partial charge in [0.05, 0.1) is 12.8 Å². The predicted octanol–water partition coefficient (Wildman–Crippen LogP) is 4.54. The molecule has 4 heteroatoms. The highest BCUT2D eigenvalue weighted by Gasteiger charge is 2.11. The molecule has 0 aliphatic carbocycles. The minimum atomic E-state index is 0.0880. The van der Waals surface area contributed by atoms with Crippen LogP contribution in [-0.2, 0) is 0 Å². The molecule has 0 bridgehead atoms. The number of benzene rings is 2. The van der Waals surface area contributed by atoms with Gasteiger partial charge in [-0.25, -0.2) is 0 Å². The fourth-order valence-corrected chi connectivity index (χ4v) is 2.18. The highest BCUT2D eigenvalue weighted by atomic mass is 35.5. The SMILES string of the molecule is COc1cc(Cl)c(C)cc1NC(C)c1ccc(O)cc1. The van der Waals surface area contributed by atoms with E-state index in [1.54, 1.807) is 19.2 Å². The van der Waals surface area contributed by atoms with E-state index >= 15 is 0 Å². The number of halogens is 1. The van der Waals surface area contributed by atoms with Crippen LogP contribution in [0, 0.1) is 6.92 Å². The van der Waals surface area contributed by atoms with Crippen LogP contribution in [0.5, 0.6) is 11.5 Å². The first-order chi connectivity index (χ1) is 9.51. The molecule has 0 heterocycles. The second-order valence-electron chi connectivity index (χ2n) is 4.76. The molecule has 2 rings (SSSR count). The summed E-state index contributed by atoms with van der Waals surface area (Å²) >= 11 is 6.10. The van der Waals surface area contributed by atoms with Crippen molar-refractivity contribution in [3.05, 3.63) is 52.5 Å². The Morgan fingerprint density at radius 2 is 1.85 bits per heavy atom. The Kier molecular flexibility index (Phi) is 4.40. The lowest BCUT2D eigenvalue weighted by Gasteiger charge is -2.19. The van der Waals surface area contributed by atoms with Gasteiger partial charge >= 0.3 is 0 Å². The lowest BCUT2D eigenvalue weighted by molar-refractivity contribution is 0.416. The van der Waals surface area contributed by atoms with Gasteiger partial charge in [-0.2, -0.15) is 0 Å². The Hall–Kier alpha value is -1.87. The summed E-state index contributed by atoms with van der Waals surface area (Å²) in [6, 6.07) is 11.0. The molecule has 0 aliphatic heterocycles. The van der Waals surface area contributed by atoms with Crippen molar-refractivity contribution >= 4 is 17.3 Å². The first-order valence-corrected chi connectivity index (χ1v) is 6.78. The maximum Gasteiger partial charge on any atom is 0.143 e. The van der Waals surface area contributed by atoms with Gasteiger partial charge in [0.25, 0.3) is 0 Å². The first-order valence-electron chi connectivity index (χ1n) is 6.41. The van der Waals surface area contributed by atoms with E-state index < -0.39 is 0 Å². The summed E-state index contributed by atoms with van der Waals surface area (Å²) < 4.78 is 5.35. The summed E-state index contributed by atoms with van der Waals surface area (Å²) in [5.41, 5.74) is 2.97. The van der Waals surface area contributed by atoms with Crippen LogP contribution in [0.15, 0.2) is 36.4 Å². The van der Waals surface area contributed by atoms with Gasteiger partial charge in [0, 0.05) is 17.1 Å². The van der Waals surface area contributed by atoms with E-state index in [0.29, 0.717) is 10.8 Å². The van der Waals surface area contributed by atoms with Gasteiger partial charge in [-0.3, -0.25) is 0 Å². The van der Waals surface area contributed by atoms with Crippen LogP contribution in [0.4, 0.5) is 5.69 Å². The topological polar surface area (TPSA) is 41.5 Å². The largest absolute Gasteiger partial charge is 0.508 e. The number of nitrogens with one attached hydrogen (secondary N) is 1. The highest BCUT2D eigenvalue weighted by Crippen LogP contribution is 2.33. The van der Waals surface area contributed by atoms with Crippen molar-refractivity contribution in [2.45, 2.75) is 19.9 Å². The average Bonchev–Trinajstić information content (AvgIpc) is 2.43. The number of hydrogen-bond acceptors (Lipinski definition) is 3. The number of hydrogen-bond donors (Lipinski definition) is 2. The van der Waals surface area contributed by atoms with Gasteiger partial charge in [0.2, 0.25) is 0 Å². The van der Waals surface area contributed by atoms with Crippen molar-refractivity contribution in [1.29, 1.82) is 0 Å². The standard InChI is InChI=1S/C16H18ClNO2/c1-10-8-15(16(20-3)9-14(10)17)18-11(2)12-4-6-13(19)7-5-12/h4-9,11,18-19H,1-3H3. The van der Waals surface area contributed by atoms with Crippen molar-refractivity contribution in [3.63, 3.8) is 0 Å². The Labute approximate surface area is 124 Å². The highest BCUT2D eigenvalue weighted by molar-refractivity contribution is 6.31. The van der Waals surface area contributed by atoms with Crippen LogP contribution in [0.3, 0.4) is 0 Å². The molecule has 0 saturated carbocycles. The lowest BCUT2D eigenvalue weighted by Crippen LogP contribution is -2.07. The molecule has 0 aromatic heterocycles. The van der Waals surface area contributed by atoms with Gasteiger partial charge in [0.1, 0.15) is 11.5 Å². The van der Waals surface area contributed by atoms with E-state index in [-0.39, 0.29) is 11.8 Å². The molecule has 0 radical (unpaired) electrons. The third-order valence-electron chi connectivity index (χ3n) is 3.25. The zero-order valence-electron chi connectivity index (χ0n) is 11.8. The van der Waals surface area contributed by atoms with Gasteiger partial charge in [-0.1, -0.05) is 23.7 Å². The van der Waals surface area contributed by atoms with E-state index in [1.165, 1.54) is 0 Å². The van der Waals surface area contributed by atoms with Crippen molar-refractivity contribution < 1.29 is 9.84 Å². The second-order valence-corrected chi connectivity index (χ2v) is 5.17. The summed E-state index contributed by atoms with van der Waals surface area (Å²) in [7, 11) is 1.62. The number of aryl methyl sites for hydroxylation is 1. The van der Waals surface area contributed by atoms with Crippen LogP contribution in [-0.4, -0.2) is 12.2 Å². The van der Waals surface area contributed by atoms with E-state index in [4.69, 9.17) is 16.3 Å². The minimum absolute atomic E-state index is 0.0880. The van der Waals surface area contributed by atoms with Gasteiger partial charge in [-0.15, -0.1) is 0 Å². The predicted molar refractivity (Wildman–Crippen MR) is 82.9 cm³/mol. The maximum atomic E-state index is 9.32. The van der Waals surface area contributed by atoms with Crippen LogP contribution in [0.2, 0.25) is 5.02 Å². The molecule has 0 saturated heterocycles. The fraction of sp³-hybridized carbons (Fsp3) is 0.250. The van der Waals surface area contributed by atoms with Gasteiger partial charge < -0.3 is 15.2 Å². The Morgan fingerprint density at radius 1 is 1.20 bits per heavy atom. The molecule has 1 unspecified atom stereocenters.